The molecule has 3 nitrogen and oxygen atoms in total. The van der Waals surface area contributed by atoms with Crippen molar-refractivity contribution in [3.63, 3.8) is 0 Å². The van der Waals surface area contributed by atoms with Crippen LogP contribution in [-0.4, -0.2) is 17.4 Å². The van der Waals surface area contributed by atoms with Crippen molar-refractivity contribution in [1.29, 1.82) is 0 Å². The highest BCUT2D eigenvalue weighted by molar-refractivity contribution is 7.54. The van der Waals surface area contributed by atoms with Gasteiger partial charge in [-0.25, -0.2) is 0 Å². The lowest BCUT2D eigenvalue weighted by molar-refractivity contribution is 0.00578. The van der Waals surface area contributed by atoms with Crippen molar-refractivity contribution in [2.45, 2.75) is 65.1 Å². The lowest BCUT2D eigenvalue weighted by Crippen LogP contribution is -2.41. The van der Waals surface area contributed by atoms with Crippen molar-refractivity contribution in [3.05, 3.63) is 12.2 Å². The third-order valence-corrected chi connectivity index (χ3v) is 5.53. The Kier molecular flexibility index (Phi) is 4.62. The first-order valence-electron chi connectivity index (χ1n) is 6.38. The van der Waals surface area contributed by atoms with Gasteiger partial charge in [-0.1, -0.05) is 31.9 Å². The summed E-state index contributed by atoms with van der Waals surface area (Å²) in [6.07, 6.45) is 7.74. The van der Waals surface area contributed by atoms with Gasteiger partial charge in [-0.2, -0.15) is 0 Å². The summed E-state index contributed by atoms with van der Waals surface area (Å²) in [6.45, 7) is 9.85. The molecule has 4 heteroatoms. The van der Waals surface area contributed by atoms with E-state index in [9.17, 15) is 4.57 Å². The van der Waals surface area contributed by atoms with E-state index < -0.39 is 18.8 Å². The fourth-order valence-corrected chi connectivity index (χ4v) is 4.08. The average molecular weight is 260 g/mol. The normalized spacial score (nSPS) is 25.5. The Morgan fingerprint density at radius 3 is 2.06 bits per heavy atom. The van der Waals surface area contributed by atoms with Crippen molar-refractivity contribution in [2.24, 2.45) is 0 Å². The van der Waals surface area contributed by atoms with Crippen LogP contribution < -0.4 is 0 Å². The van der Waals surface area contributed by atoms with Crippen LogP contribution in [-0.2, 0) is 13.6 Å². The summed E-state index contributed by atoms with van der Waals surface area (Å²) in [5, 5.41) is 0. The summed E-state index contributed by atoms with van der Waals surface area (Å²) in [6, 6.07) is 0. The fourth-order valence-electron chi connectivity index (χ4n) is 1.65. The Bertz CT molecular complexity index is 312. The van der Waals surface area contributed by atoms with Gasteiger partial charge in [0.25, 0.3) is 0 Å². The minimum absolute atomic E-state index is 0.379. The van der Waals surface area contributed by atoms with Gasteiger partial charge in [-0.3, -0.25) is 13.6 Å². The molecule has 1 heterocycles. The standard InChI is InChI=1S/C13H25O3P/c1-6-7-8-9-10-11-17(14)15-12(2,3)13(4,5)16-17/h9-10H,6-8,11H2,1-5H3/b10-9-. The van der Waals surface area contributed by atoms with Crippen LogP contribution >= 0.6 is 7.60 Å². The van der Waals surface area contributed by atoms with Crippen molar-refractivity contribution in [2.75, 3.05) is 6.16 Å². The van der Waals surface area contributed by atoms with Gasteiger partial charge in [-0.15, -0.1) is 0 Å². The lowest BCUT2D eigenvalue weighted by atomic mass is 9.90. The maximum atomic E-state index is 12.4. The first kappa shape index (κ1) is 14.9. The Morgan fingerprint density at radius 1 is 1.06 bits per heavy atom. The third kappa shape index (κ3) is 3.67. The molecule has 0 N–H and O–H groups in total. The molecule has 100 valence electrons. The molecular weight excluding hydrogens is 235 g/mol. The van der Waals surface area contributed by atoms with Gasteiger partial charge in [0.05, 0.1) is 6.16 Å². The van der Waals surface area contributed by atoms with E-state index in [0.29, 0.717) is 6.16 Å². The summed E-state index contributed by atoms with van der Waals surface area (Å²) in [5.41, 5.74) is -1.00. The molecule has 1 saturated heterocycles. The van der Waals surface area contributed by atoms with Crippen LogP contribution in [0, 0.1) is 0 Å². The van der Waals surface area contributed by atoms with Gasteiger partial charge in [0.2, 0.25) is 0 Å². The molecular formula is C13H25O3P. The zero-order chi connectivity index (χ0) is 13.2. The monoisotopic (exact) mass is 260 g/mol. The van der Waals surface area contributed by atoms with E-state index in [-0.39, 0.29) is 0 Å². The average Bonchev–Trinajstić information content (AvgIpc) is 2.30. The van der Waals surface area contributed by atoms with E-state index in [1.54, 1.807) is 0 Å². The Hall–Kier alpha value is -0.110. The number of rotatable bonds is 5. The molecule has 1 rings (SSSR count). The van der Waals surface area contributed by atoms with Crippen molar-refractivity contribution in [1.82, 2.24) is 0 Å². The second kappa shape index (κ2) is 5.26. The molecule has 0 aromatic carbocycles. The second-order valence-electron chi connectivity index (χ2n) is 5.61. The zero-order valence-electron chi connectivity index (χ0n) is 11.7. The molecule has 1 aliphatic heterocycles. The maximum absolute atomic E-state index is 12.4. The van der Waals surface area contributed by atoms with Gasteiger partial charge in [0, 0.05) is 0 Å². The zero-order valence-corrected chi connectivity index (χ0v) is 12.5. The highest BCUT2D eigenvalue weighted by Crippen LogP contribution is 2.63. The summed E-state index contributed by atoms with van der Waals surface area (Å²) in [4.78, 5) is 0. The number of allylic oxidation sites excluding steroid dienone is 2. The van der Waals surface area contributed by atoms with Gasteiger partial charge in [0.1, 0.15) is 11.2 Å². The Labute approximate surface area is 105 Å². The first-order valence-corrected chi connectivity index (χ1v) is 8.11. The van der Waals surface area contributed by atoms with Crippen LogP contribution in [0.3, 0.4) is 0 Å². The minimum Gasteiger partial charge on any atom is -0.299 e. The van der Waals surface area contributed by atoms with E-state index in [0.717, 1.165) is 6.42 Å². The van der Waals surface area contributed by atoms with Crippen molar-refractivity contribution in [3.8, 4) is 0 Å². The van der Waals surface area contributed by atoms with E-state index >= 15 is 0 Å². The summed E-state index contributed by atoms with van der Waals surface area (Å²) in [5.74, 6) is 0. The predicted molar refractivity (Wildman–Crippen MR) is 71.5 cm³/mol. The number of hydrogen-bond acceptors (Lipinski definition) is 3. The van der Waals surface area contributed by atoms with Crippen LogP contribution in [0.15, 0.2) is 12.2 Å². The summed E-state index contributed by atoms with van der Waals surface area (Å²) in [7, 11) is -2.95. The lowest BCUT2D eigenvalue weighted by Gasteiger charge is -2.29. The minimum atomic E-state index is -2.95. The van der Waals surface area contributed by atoms with E-state index in [1.807, 2.05) is 33.8 Å². The number of unbranched alkanes of at least 4 members (excludes halogenated alkanes) is 2. The largest absolute Gasteiger partial charge is 0.335 e. The van der Waals surface area contributed by atoms with E-state index in [1.165, 1.54) is 12.8 Å². The smallest absolute Gasteiger partial charge is 0.299 e. The molecule has 0 atom stereocenters. The molecule has 1 aliphatic rings. The maximum Gasteiger partial charge on any atom is 0.335 e. The Morgan fingerprint density at radius 2 is 1.59 bits per heavy atom. The molecule has 0 aromatic rings. The van der Waals surface area contributed by atoms with Crippen LogP contribution in [0.25, 0.3) is 0 Å². The SMILES string of the molecule is CCCC/C=C\CP1(=O)OC(C)(C)C(C)(C)O1. The van der Waals surface area contributed by atoms with Gasteiger partial charge in [-0.05, 0) is 34.1 Å². The molecule has 0 amide bonds. The van der Waals surface area contributed by atoms with Crippen molar-refractivity contribution >= 4 is 7.60 Å². The molecule has 0 bridgehead atoms. The molecule has 1 fully saturated rings. The van der Waals surface area contributed by atoms with E-state index in [2.05, 4.69) is 13.0 Å². The number of hydrogen-bond donors (Lipinski definition) is 0. The highest BCUT2D eigenvalue weighted by atomic mass is 31.2. The molecule has 0 unspecified atom stereocenters. The second-order valence-corrected chi connectivity index (χ2v) is 7.56. The van der Waals surface area contributed by atoms with Gasteiger partial charge >= 0.3 is 7.60 Å². The quantitative estimate of drug-likeness (QED) is 0.414. The topological polar surface area (TPSA) is 35.5 Å². The predicted octanol–water partition coefficient (Wildman–Crippen LogP) is 4.53. The first-order chi connectivity index (χ1) is 7.72. The highest BCUT2D eigenvalue weighted by Gasteiger charge is 2.54. The van der Waals surface area contributed by atoms with Crippen LogP contribution in [0.5, 0.6) is 0 Å². The molecule has 0 aromatic heterocycles. The van der Waals surface area contributed by atoms with E-state index in [4.69, 9.17) is 9.05 Å². The third-order valence-electron chi connectivity index (χ3n) is 3.40. The van der Waals surface area contributed by atoms with Crippen LogP contribution in [0.4, 0.5) is 0 Å². The van der Waals surface area contributed by atoms with Crippen molar-refractivity contribution < 1.29 is 13.6 Å². The molecule has 0 spiro atoms. The van der Waals surface area contributed by atoms with Crippen LogP contribution in [0.1, 0.15) is 53.9 Å². The summed E-state index contributed by atoms with van der Waals surface area (Å²) >= 11 is 0. The van der Waals surface area contributed by atoms with Gasteiger partial charge < -0.3 is 0 Å². The molecule has 0 saturated carbocycles. The molecule has 17 heavy (non-hydrogen) atoms. The molecule has 0 aliphatic carbocycles. The fraction of sp³-hybridized carbons (Fsp3) is 0.846. The Balaban J connectivity index is 2.56. The van der Waals surface area contributed by atoms with Crippen LogP contribution in [0.2, 0.25) is 0 Å². The molecule has 0 radical (unpaired) electrons. The van der Waals surface area contributed by atoms with Gasteiger partial charge in [0.15, 0.2) is 0 Å². The summed E-state index contributed by atoms with van der Waals surface area (Å²) < 4.78 is 23.7.